The van der Waals surface area contributed by atoms with Crippen molar-refractivity contribution in [3.05, 3.63) is 35.3 Å². The number of furan rings is 1. The van der Waals surface area contributed by atoms with E-state index in [0.29, 0.717) is 31.0 Å². The number of amides is 2. The van der Waals surface area contributed by atoms with Gasteiger partial charge in [0.15, 0.2) is 5.76 Å². The number of sulfonamides is 1. The first-order chi connectivity index (χ1) is 14.7. The van der Waals surface area contributed by atoms with Crippen LogP contribution in [0.5, 0.6) is 0 Å². The molecule has 170 valence electrons. The molecule has 1 N–H and O–H groups in total. The van der Waals surface area contributed by atoms with Crippen LogP contribution in [0.25, 0.3) is 0 Å². The van der Waals surface area contributed by atoms with Crippen LogP contribution >= 0.6 is 0 Å². The quantitative estimate of drug-likeness (QED) is 0.595. The van der Waals surface area contributed by atoms with Gasteiger partial charge in [0.2, 0.25) is 11.0 Å². The summed E-state index contributed by atoms with van der Waals surface area (Å²) in [6.45, 7) is 6.88. The Morgan fingerprint density at radius 1 is 1.32 bits per heavy atom. The van der Waals surface area contributed by atoms with Crippen molar-refractivity contribution < 1.29 is 22.4 Å². The van der Waals surface area contributed by atoms with Crippen LogP contribution in [0.4, 0.5) is 0 Å². The average Bonchev–Trinajstić information content (AvgIpc) is 3.30. The Labute approximate surface area is 182 Å². The number of carbonyl (C=O) groups is 2. The first-order valence-corrected chi connectivity index (χ1v) is 12.2. The predicted octanol–water partition coefficient (Wildman–Crippen LogP) is 2.85. The van der Waals surface area contributed by atoms with Gasteiger partial charge < -0.3 is 9.32 Å². The third kappa shape index (κ3) is 5.55. The lowest BCUT2D eigenvalue weighted by Gasteiger charge is -2.24. The largest absolute Gasteiger partial charge is 0.437 e. The molecular weight excluding hydrogens is 420 g/mol. The maximum absolute atomic E-state index is 13.0. The van der Waals surface area contributed by atoms with E-state index in [1.807, 2.05) is 20.0 Å². The first kappa shape index (κ1) is 23.1. The summed E-state index contributed by atoms with van der Waals surface area (Å²) >= 11 is 0. The van der Waals surface area contributed by atoms with Gasteiger partial charge >= 0.3 is 0 Å². The summed E-state index contributed by atoms with van der Waals surface area (Å²) in [7, 11) is -4.17. The van der Waals surface area contributed by atoms with E-state index in [2.05, 4.69) is 9.82 Å². The molecule has 1 aliphatic carbocycles. The number of nitrogens with one attached hydrogen (secondary N) is 1. The number of aromatic nitrogens is 2. The van der Waals surface area contributed by atoms with E-state index >= 15 is 0 Å². The predicted molar refractivity (Wildman–Crippen MR) is 114 cm³/mol. The molecule has 2 heterocycles. The fourth-order valence-electron chi connectivity index (χ4n) is 3.52. The number of hydrogen-bond acceptors (Lipinski definition) is 6. The van der Waals surface area contributed by atoms with E-state index in [0.717, 1.165) is 24.9 Å². The van der Waals surface area contributed by atoms with E-state index in [4.69, 9.17) is 4.42 Å². The van der Waals surface area contributed by atoms with Gasteiger partial charge in [0.1, 0.15) is 0 Å². The zero-order chi connectivity index (χ0) is 22.6. The molecule has 1 fully saturated rings. The molecule has 2 amide bonds. The molecule has 10 heteroatoms. The van der Waals surface area contributed by atoms with Gasteiger partial charge in [-0.2, -0.15) is 13.5 Å². The smallest absolute Gasteiger partial charge is 0.297 e. The summed E-state index contributed by atoms with van der Waals surface area (Å²) in [6, 6.07) is 1.28. The molecule has 0 radical (unpaired) electrons. The van der Waals surface area contributed by atoms with Crippen molar-refractivity contribution >= 4 is 21.8 Å². The van der Waals surface area contributed by atoms with Crippen LogP contribution in [-0.2, 0) is 27.9 Å². The van der Waals surface area contributed by atoms with Crippen molar-refractivity contribution in [1.29, 1.82) is 0 Å². The molecule has 0 spiro atoms. The molecule has 0 aliphatic heterocycles. The number of nitrogens with zero attached hydrogens (tertiary/aromatic N) is 3. The molecule has 0 unspecified atom stereocenters. The minimum atomic E-state index is -4.17. The summed E-state index contributed by atoms with van der Waals surface area (Å²) in [5.74, 6) is -0.515. The second-order valence-corrected chi connectivity index (χ2v) is 9.58. The summed E-state index contributed by atoms with van der Waals surface area (Å²) in [5, 5.41) is 3.78. The Balaban J connectivity index is 1.68. The Hall–Kier alpha value is -2.62. The van der Waals surface area contributed by atoms with Crippen LogP contribution in [0.15, 0.2) is 28.0 Å². The van der Waals surface area contributed by atoms with Crippen LogP contribution in [0.3, 0.4) is 0 Å². The number of rotatable bonds is 10. The highest BCUT2D eigenvalue weighted by Crippen LogP contribution is 2.30. The fraction of sp³-hybridized carbons (Fsp3) is 0.571. The van der Waals surface area contributed by atoms with Crippen LogP contribution in [0, 0.1) is 12.8 Å². The van der Waals surface area contributed by atoms with Gasteiger partial charge in [-0.15, -0.1) is 0 Å². The zero-order valence-corrected chi connectivity index (χ0v) is 19.1. The third-order valence-electron chi connectivity index (χ3n) is 5.66. The number of aryl methyl sites for hydroxylation is 2. The van der Waals surface area contributed by atoms with Gasteiger partial charge in [0.25, 0.3) is 15.9 Å². The van der Waals surface area contributed by atoms with Gasteiger partial charge in [-0.3, -0.25) is 14.3 Å². The molecule has 0 bridgehead atoms. The third-order valence-corrected chi connectivity index (χ3v) is 6.89. The summed E-state index contributed by atoms with van der Waals surface area (Å²) < 4.78 is 34.4. The molecule has 9 nitrogen and oxygen atoms in total. The van der Waals surface area contributed by atoms with Crippen molar-refractivity contribution in [2.75, 3.05) is 6.54 Å². The molecule has 0 aromatic carbocycles. The average molecular weight is 451 g/mol. The lowest BCUT2D eigenvalue weighted by molar-refractivity contribution is -0.119. The van der Waals surface area contributed by atoms with E-state index < -0.39 is 26.9 Å². The van der Waals surface area contributed by atoms with E-state index in [-0.39, 0.29) is 12.2 Å². The first-order valence-electron chi connectivity index (χ1n) is 10.7. The van der Waals surface area contributed by atoms with Crippen LogP contribution in [-0.4, -0.2) is 41.5 Å². The van der Waals surface area contributed by atoms with Crippen LogP contribution < -0.4 is 4.72 Å². The molecule has 1 saturated carbocycles. The maximum Gasteiger partial charge on any atom is 0.297 e. The van der Waals surface area contributed by atoms with Gasteiger partial charge in [-0.05, 0) is 33.1 Å². The lowest BCUT2D eigenvalue weighted by atomic mass is 9.82. The lowest BCUT2D eigenvalue weighted by Crippen LogP contribution is -2.31. The molecular formula is C21H30N4O5S. The Morgan fingerprint density at radius 2 is 2.06 bits per heavy atom. The second-order valence-electron chi connectivity index (χ2n) is 7.97. The molecule has 31 heavy (non-hydrogen) atoms. The van der Waals surface area contributed by atoms with Crippen molar-refractivity contribution in [2.45, 2.75) is 71.1 Å². The highest BCUT2D eigenvalue weighted by molar-refractivity contribution is 7.89. The normalized spacial score (nSPS) is 14.3. The van der Waals surface area contributed by atoms with Crippen molar-refractivity contribution in [2.24, 2.45) is 5.92 Å². The van der Waals surface area contributed by atoms with Gasteiger partial charge in [0, 0.05) is 49.4 Å². The van der Waals surface area contributed by atoms with Gasteiger partial charge in [-0.25, -0.2) is 4.72 Å². The monoisotopic (exact) mass is 450 g/mol. The fourth-order valence-corrected chi connectivity index (χ4v) is 4.55. The topological polar surface area (TPSA) is 115 Å². The van der Waals surface area contributed by atoms with Crippen molar-refractivity contribution in [3.63, 3.8) is 0 Å². The molecule has 2 aromatic heterocycles. The maximum atomic E-state index is 13.0. The summed E-state index contributed by atoms with van der Waals surface area (Å²) in [5.41, 5.74) is 1.27. The zero-order valence-electron chi connectivity index (χ0n) is 18.3. The Kier molecular flexibility index (Phi) is 7.19. The molecule has 2 aromatic rings. The standard InChI is InChI=1S/C21H30N4O5S/c1-4-24(13-17-12-22-25(5-2)14-17)21(27)20-15(3)11-19(30-20)31(28,29)23-18(26)10-9-16-7-6-8-16/h11-12,14,16H,4-10,13H2,1-3H3,(H,23,26). The molecule has 0 saturated heterocycles. The van der Waals surface area contributed by atoms with Crippen LogP contribution in [0.2, 0.25) is 0 Å². The van der Waals surface area contributed by atoms with E-state index in [1.54, 1.807) is 22.7 Å². The number of carbonyl (C=O) groups excluding carboxylic acids is 2. The second kappa shape index (κ2) is 9.67. The minimum absolute atomic E-state index is 0.0491. The summed E-state index contributed by atoms with van der Waals surface area (Å²) in [6.07, 6.45) is 7.76. The number of hydrogen-bond donors (Lipinski definition) is 1. The van der Waals surface area contributed by atoms with Gasteiger partial charge in [-0.1, -0.05) is 19.3 Å². The van der Waals surface area contributed by atoms with Crippen LogP contribution in [0.1, 0.15) is 67.6 Å². The highest BCUT2D eigenvalue weighted by atomic mass is 32.2. The van der Waals surface area contributed by atoms with E-state index in [9.17, 15) is 18.0 Å². The van der Waals surface area contributed by atoms with Crippen molar-refractivity contribution in [1.82, 2.24) is 19.4 Å². The highest BCUT2D eigenvalue weighted by Gasteiger charge is 2.28. The minimum Gasteiger partial charge on any atom is -0.437 e. The molecule has 3 rings (SSSR count). The SMILES string of the molecule is CCN(Cc1cnn(CC)c1)C(=O)c1oc(S(=O)(=O)NC(=O)CCC2CCC2)cc1C. The Morgan fingerprint density at radius 3 is 2.65 bits per heavy atom. The van der Waals surface area contributed by atoms with E-state index in [1.165, 1.54) is 12.5 Å². The molecule has 1 aliphatic rings. The summed E-state index contributed by atoms with van der Waals surface area (Å²) in [4.78, 5) is 26.6. The van der Waals surface area contributed by atoms with Gasteiger partial charge in [0.05, 0.1) is 6.20 Å². The Bertz CT molecular complexity index is 1040. The molecule has 0 atom stereocenters. The van der Waals surface area contributed by atoms with Crippen molar-refractivity contribution in [3.8, 4) is 0 Å².